The van der Waals surface area contributed by atoms with Gasteiger partial charge in [0.15, 0.2) is 0 Å². The molecule has 11 heteroatoms. The Morgan fingerprint density at radius 2 is 1.54 bits per heavy atom. The number of carbonyl (C=O) groups excluding carboxylic acids is 1. The van der Waals surface area contributed by atoms with Crippen LogP contribution in [0.2, 0.25) is 0 Å². The number of carbonyl (C=O) groups is 1. The van der Waals surface area contributed by atoms with Crippen LogP contribution < -0.4 is 0 Å². The number of likely N-dealkylation sites (N-methyl/N-ethyl adjacent to an activating group) is 1. The van der Waals surface area contributed by atoms with Crippen LogP contribution in [-0.2, 0) is 30.0 Å². The molecule has 0 radical (unpaired) electrons. The zero-order valence-corrected chi connectivity index (χ0v) is 23.1. The Labute approximate surface area is 224 Å². The van der Waals surface area contributed by atoms with Gasteiger partial charge in [-0.1, -0.05) is 29.8 Å². The molecular formula is C26H29NO7S3. The van der Waals surface area contributed by atoms with E-state index < -0.39 is 21.7 Å². The lowest BCUT2D eigenvalue weighted by molar-refractivity contribution is -0.938. The molecule has 5 heterocycles. The minimum atomic E-state index is -4.27. The first-order chi connectivity index (χ1) is 17.4. The van der Waals surface area contributed by atoms with E-state index in [1.165, 1.54) is 34.8 Å². The lowest BCUT2D eigenvalue weighted by Crippen LogP contribution is -2.60. The number of morpholine rings is 1. The predicted molar refractivity (Wildman–Crippen MR) is 138 cm³/mol. The molecule has 37 heavy (non-hydrogen) atoms. The van der Waals surface area contributed by atoms with Crippen molar-refractivity contribution in [1.82, 2.24) is 0 Å². The summed E-state index contributed by atoms with van der Waals surface area (Å²) in [6, 6.07) is 13.8. The van der Waals surface area contributed by atoms with Crippen LogP contribution >= 0.6 is 22.7 Å². The summed E-state index contributed by atoms with van der Waals surface area (Å²) in [5.41, 5.74) is -0.791. The maximum Gasteiger partial charge on any atom is 0.349 e. The Kier molecular flexibility index (Phi) is 6.85. The first kappa shape index (κ1) is 26.5. The lowest BCUT2D eigenvalue weighted by atomic mass is 9.95. The van der Waals surface area contributed by atoms with Gasteiger partial charge in [-0.25, -0.2) is 13.2 Å². The Bertz CT molecular complexity index is 1300. The fraction of sp³-hybridized carbons (Fsp3) is 0.423. The van der Waals surface area contributed by atoms with Gasteiger partial charge >= 0.3 is 5.97 Å². The van der Waals surface area contributed by atoms with Crippen LogP contribution in [-0.4, -0.2) is 73.0 Å². The highest BCUT2D eigenvalue weighted by atomic mass is 32.2. The monoisotopic (exact) mass is 563 g/mol. The number of hydrogen-bond acceptors (Lipinski definition) is 9. The summed E-state index contributed by atoms with van der Waals surface area (Å²) in [4.78, 5) is 14.2. The molecule has 4 unspecified atom stereocenters. The standard InChI is InChI=1S/C19H22NO4S2.C7H8O3S/c1-20(2)12-9-11(10-13(20)17-16(12)24-17)23-18(21)19(22,14-5-3-7-25-14)15-6-4-8-26-15;1-6-2-4-7(5-3-6)11(8,9)10/h3-8,11-13,16-17,22H,9-10H2,1-2H3;2-5H,1H3,(H,8,9,10)/q+1;/p-1. The number of rotatable bonds is 5. The number of fused-ring (bicyclic) bond motifs is 5. The second kappa shape index (κ2) is 9.57. The van der Waals surface area contributed by atoms with Gasteiger partial charge in [-0.15, -0.1) is 22.7 Å². The smallest absolute Gasteiger partial charge is 0.349 e. The molecule has 3 saturated heterocycles. The van der Waals surface area contributed by atoms with E-state index in [9.17, 15) is 22.9 Å². The number of epoxide rings is 1. The zero-order chi connectivity index (χ0) is 26.6. The topological polar surface area (TPSA) is 116 Å². The van der Waals surface area contributed by atoms with Crippen molar-refractivity contribution >= 4 is 38.8 Å². The number of thiophene rings is 2. The SMILES string of the molecule is C[N+]1(C)C2CC(OC(=O)C(O)(c3cccs3)c3cccs3)CC1C1OC12.Cc1ccc(S(=O)(=O)[O-])cc1. The van der Waals surface area contributed by atoms with Gasteiger partial charge in [0.2, 0.25) is 5.60 Å². The Balaban J connectivity index is 0.000000215. The molecule has 3 aliphatic rings. The molecule has 0 saturated carbocycles. The fourth-order valence-electron chi connectivity index (χ4n) is 5.53. The maximum atomic E-state index is 13.1. The number of nitrogens with zero attached hydrogens (tertiary/aromatic N) is 1. The largest absolute Gasteiger partial charge is 0.744 e. The van der Waals surface area contributed by atoms with Gasteiger partial charge in [-0.05, 0) is 41.9 Å². The molecule has 2 bridgehead atoms. The quantitative estimate of drug-likeness (QED) is 0.219. The van der Waals surface area contributed by atoms with E-state index in [-0.39, 0.29) is 11.0 Å². The molecule has 1 N–H and O–H groups in total. The van der Waals surface area contributed by atoms with E-state index in [0.717, 1.165) is 22.9 Å². The molecule has 3 aromatic rings. The number of quaternary nitrogens is 1. The Morgan fingerprint density at radius 3 is 1.97 bits per heavy atom. The molecular weight excluding hydrogens is 534 g/mol. The van der Waals surface area contributed by atoms with E-state index in [4.69, 9.17) is 9.47 Å². The maximum absolute atomic E-state index is 13.1. The van der Waals surface area contributed by atoms with Crippen molar-refractivity contribution in [2.75, 3.05) is 14.1 Å². The predicted octanol–water partition coefficient (Wildman–Crippen LogP) is 3.24. The molecule has 2 aromatic heterocycles. The highest BCUT2D eigenvalue weighted by Crippen LogP contribution is 2.52. The number of aliphatic hydroxyl groups is 1. The molecule has 0 aliphatic carbocycles. The van der Waals surface area contributed by atoms with Gasteiger partial charge < -0.3 is 23.6 Å². The third-order valence-corrected chi connectivity index (χ3v) is 10.5. The molecule has 3 fully saturated rings. The van der Waals surface area contributed by atoms with Crippen molar-refractivity contribution in [2.24, 2.45) is 0 Å². The van der Waals surface area contributed by atoms with Crippen LogP contribution in [0.5, 0.6) is 0 Å². The van der Waals surface area contributed by atoms with E-state index in [1.807, 2.05) is 29.8 Å². The highest BCUT2D eigenvalue weighted by Gasteiger charge is 2.71. The van der Waals surface area contributed by atoms with Gasteiger partial charge in [-0.2, -0.15) is 0 Å². The van der Waals surface area contributed by atoms with Crippen molar-refractivity contribution in [3.8, 4) is 0 Å². The highest BCUT2D eigenvalue weighted by molar-refractivity contribution is 7.85. The first-order valence-corrected chi connectivity index (χ1v) is 15.1. The average Bonchev–Trinajstić information content (AvgIpc) is 3.17. The van der Waals surface area contributed by atoms with Crippen molar-refractivity contribution in [2.45, 2.75) is 60.7 Å². The van der Waals surface area contributed by atoms with Crippen LogP contribution in [0.25, 0.3) is 0 Å². The number of esters is 1. The third-order valence-electron chi connectivity index (χ3n) is 7.67. The van der Waals surface area contributed by atoms with Crippen molar-refractivity contribution < 1.29 is 36.8 Å². The minimum Gasteiger partial charge on any atom is -0.744 e. The summed E-state index contributed by atoms with van der Waals surface area (Å²) in [6.07, 6.45) is 2.05. The van der Waals surface area contributed by atoms with Crippen LogP contribution in [0.4, 0.5) is 0 Å². The molecule has 3 aliphatic heterocycles. The Morgan fingerprint density at radius 1 is 1.03 bits per heavy atom. The molecule has 0 amide bonds. The number of hydrogen-bond donors (Lipinski definition) is 1. The average molecular weight is 564 g/mol. The molecule has 1 aromatic carbocycles. The number of benzene rings is 1. The van der Waals surface area contributed by atoms with Gasteiger partial charge in [0, 0.05) is 12.8 Å². The van der Waals surface area contributed by atoms with E-state index >= 15 is 0 Å². The van der Waals surface area contributed by atoms with Crippen LogP contribution in [0.3, 0.4) is 0 Å². The number of aryl methyl sites for hydroxylation is 1. The summed E-state index contributed by atoms with van der Waals surface area (Å²) < 4.78 is 43.8. The van der Waals surface area contributed by atoms with Crippen molar-refractivity contribution in [3.05, 3.63) is 74.6 Å². The van der Waals surface area contributed by atoms with Crippen molar-refractivity contribution in [1.29, 1.82) is 0 Å². The zero-order valence-electron chi connectivity index (χ0n) is 20.6. The lowest BCUT2D eigenvalue weighted by Gasteiger charge is -2.45. The molecule has 6 rings (SSSR count). The Hall–Kier alpha value is -2.12. The summed E-state index contributed by atoms with van der Waals surface area (Å²) in [5, 5.41) is 15.1. The number of piperidine rings is 1. The van der Waals surface area contributed by atoms with Crippen molar-refractivity contribution in [3.63, 3.8) is 0 Å². The summed E-state index contributed by atoms with van der Waals surface area (Å²) in [5.74, 6) is -0.561. The van der Waals surface area contributed by atoms with Crippen LogP contribution in [0.1, 0.15) is 28.2 Å². The van der Waals surface area contributed by atoms with E-state index in [2.05, 4.69) is 14.1 Å². The van der Waals surface area contributed by atoms with Crippen LogP contribution in [0.15, 0.2) is 64.2 Å². The second-order valence-corrected chi connectivity index (χ2v) is 13.5. The summed E-state index contributed by atoms with van der Waals surface area (Å²) >= 11 is 2.74. The number of ether oxygens (including phenoxy) is 2. The normalized spacial score (nSPS) is 27.5. The van der Waals surface area contributed by atoms with Gasteiger partial charge in [-0.3, -0.25) is 0 Å². The molecule has 198 valence electrons. The van der Waals surface area contributed by atoms with Gasteiger partial charge in [0.25, 0.3) is 0 Å². The van der Waals surface area contributed by atoms with Gasteiger partial charge in [0.1, 0.15) is 40.5 Å². The fourth-order valence-corrected chi connectivity index (χ4v) is 7.72. The molecule has 0 spiro atoms. The first-order valence-electron chi connectivity index (χ1n) is 11.9. The minimum absolute atomic E-state index is 0.161. The third kappa shape index (κ3) is 4.89. The second-order valence-electron chi connectivity index (χ2n) is 10.3. The van der Waals surface area contributed by atoms with Crippen LogP contribution in [0, 0.1) is 6.92 Å². The summed E-state index contributed by atoms with van der Waals surface area (Å²) in [6.45, 7) is 1.82. The van der Waals surface area contributed by atoms with Gasteiger partial charge in [0.05, 0.1) is 28.7 Å². The van der Waals surface area contributed by atoms with E-state index in [1.54, 1.807) is 24.3 Å². The van der Waals surface area contributed by atoms with E-state index in [0.29, 0.717) is 34.0 Å². The molecule has 4 atom stereocenters. The summed E-state index contributed by atoms with van der Waals surface area (Å²) in [7, 11) is 0.224. The molecule has 8 nitrogen and oxygen atoms in total.